The Bertz CT molecular complexity index is 1730. The highest BCUT2D eigenvalue weighted by Gasteiger charge is 2.56. The van der Waals surface area contributed by atoms with Crippen molar-refractivity contribution in [2.24, 2.45) is 10.4 Å². The van der Waals surface area contributed by atoms with E-state index in [1.165, 1.54) is 44.6 Å². The van der Waals surface area contributed by atoms with E-state index in [1.807, 2.05) is 20.8 Å². The first-order valence-electron chi connectivity index (χ1n) is 14.4. The Morgan fingerprint density at radius 3 is 2.45 bits per heavy atom. The fraction of sp³-hybridized carbons (Fsp3) is 0.333. The van der Waals surface area contributed by atoms with Crippen LogP contribution in [0.4, 0.5) is 9.18 Å². The number of aliphatic hydroxyl groups is 1. The second-order valence-electron chi connectivity index (χ2n) is 12.1. The Kier molecular flexibility index (Phi) is 10.8. The third kappa shape index (κ3) is 7.69. The van der Waals surface area contributed by atoms with Crippen LogP contribution in [-0.2, 0) is 16.9 Å². The van der Waals surface area contributed by atoms with Crippen LogP contribution in [0.2, 0.25) is 5.02 Å². The normalized spacial score (nSPS) is 17.8. The Labute approximate surface area is 284 Å². The number of nitrogens with one attached hydrogen (secondary N) is 2. The number of methoxy groups -OCH3 is 2. The first-order valence-corrected chi connectivity index (χ1v) is 15.6. The van der Waals surface area contributed by atoms with Crippen molar-refractivity contribution in [1.29, 1.82) is 0 Å². The van der Waals surface area contributed by atoms with Crippen LogP contribution in [0.3, 0.4) is 0 Å². The Morgan fingerprint density at radius 2 is 1.85 bits per heavy atom. The van der Waals surface area contributed by atoms with E-state index in [1.54, 1.807) is 24.3 Å². The molecular formula is C33H35BrClFN4O7. The minimum atomic E-state index is -1.78. The SMILES string of the molecule is COc1ccc(CNC(=O)c2cc(C(CO)N3C(=O)[C@@](CC(C)(C)C)(c4ccc(Br)cc4F)NC3=NC(=O)O)ccc2Cl)c(OC)c1. The number of carbonyl (C=O) groups is 3. The first-order chi connectivity index (χ1) is 22.1. The van der Waals surface area contributed by atoms with E-state index in [9.17, 15) is 24.6 Å². The smallest absolute Gasteiger partial charge is 0.434 e. The van der Waals surface area contributed by atoms with E-state index in [4.69, 9.17) is 21.1 Å². The van der Waals surface area contributed by atoms with E-state index < -0.39 is 53.3 Å². The van der Waals surface area contributed by atoms with Gasteiger partial charge < -0.3 is 30.3 Å². The molecule has 1 unspecified atom stereocenters. The number of hydrogen-bond donors (Lipinski definition) is 4. The summed E-state index contributed by atoms with van der Waals surface area (Å²) in [5, 5.41) is 26.1. The molecule has 3 aromatic carbocycles. The maximum absolute atomic E-state index is 15.6. The highest BCUT2D eigenvalue weighted by atomic mass is 79.9. The molecule has 1 fully saturated rings. The number of rotatable bonds is 10. The van der Waals surface area contributed by atoms with E-state index in [0.717, 1.165) is 4.90 Å². The average molecular weight is 734 g/mol. The number of hydrogen-bond acceptors (Lipinski definition) is 6. The lowest BCUT2D eigenvalue weighted by molar-refractivity contribution is -0.135. The molecule has 4 N–H and O–H groups in total. The standard InChI is InChI=1S/C33H35BrClFN4O7/c1-32(2,3)17-33(23-10-8-20(34)13-25(23)36)29(43)40(30(39-33)38-31(44)45)26(16-41)18-7-11-24(35)22(12-18)28(42)37-15-19-6-9-21(46-4)14-27(19)47-5/h6-14,26,41H,15-17H2,1-5H3,(H,37,42)(H,38,39)(H,44,45)/t26?,33-/m1/s1. The summed E-state index contributed by atoms with van der Waals surface area (Å²) in [6.07, 6.45) is -1.58. The van der Waals surface area contributed by atoms with Gasteiger partial charge in [-0.05, 0) is 53.8 Å². The van der Waals surface area contributed by atoms with Gasteiger partial charge in [0.15, 0.2) is 0 Å². The van der Waals surface area contributed by atoms with E-state index in [2.05, 4.69) is 31.6 Å². The van der Waals surface area contributed by atoms with Crippen LogP contribution in [0, 0.1) is 11.2 Å². The monoisotopic (exact) mass is 732 g/mol. The van der Waals surface area contributed by atoms with Gasteiger partial charge in [0.2, 0.25) is 5.96 Å². The number of guanidine groups is 1. The quantitative estimate of drug-likeness (QED) is 0.198. The van der Waals surface area contributed by atoms with Crippen LogP contribution >= 0.6 is 27.5 Å². The third-order valence-electron chi connectivity index (χ3n) is 7.56. The first kappa shape index (κ1) is 35.7. The maximum atomic E-state index is 15.6. The van der Waals surface area contributed by atoms with Crippen LogP contribution in [0.25, 0.3) is 0 Å². The van der Waals surface area contributed by atoms with Gasteiger partial charge in [-0.15, -0.1) is 4.99 Å². The largest absolute Gasteiger partial charge is 0.497 e. The van der Waals surface area contributed by atoms with E-state index >= 15 is 4.39 Å². The van der Waals surface area contributed by atoms with Crippen LogP contribution in [0.5, 0.6) is 11.5 Å². The molecular weight excluding hydrogens is 699 g/mol. The summed E-state index contributed by atoms with van der Waals surface area (Å²) in [6.45, 7) is 4.94. The Balaban J connectivity index is 1.75. The zero-order chi connectivity index (χ0) is 34.7. The van der Waals surface area contributed by atoms with Gasteiger partial charge in [-0.2, -0.15) is 0 Å². The van der Waals surface area contributed by atoms with Crippen molar-refractivity contribution >= 4 is 51.4 Å². The molecule has 1 heterocycles. The average Bonchev–Trinajstić information content (AvgIpc) is 3.25. The molecule has 0 aliphatic carbocycles. The van der Waals surface area contributed by atoms with Crippen LogP contribution in [-0.4, -0.2) is 59.8 Å². The lowest BCUT2D eigenvalue weighted by Gasteiger charge is -2.35. The molecule has 14 heteroatoms. The van der Waals surface area contributed by atoms with E-state index in [0.29, 0.717) is 21.5 Å². The van der Waals surface area contributed by atoms with Gasteiger partial charge in [0.25, 0.3) is 11.8 Å². The fourth-order valence-corrected chi connectivity index (χ4v) is 6.16. The lowest BCUT2D eigenvalue weighted by Crippen LogP contribution is -2.47. The highest BCUT2D eigenvalue weighted by molar-refractivity contribution is 9.10. The third-order valence-corrected chi connectivity index (χ3v) is 8.39. The fourth-order valence-electron chi connectivity index (χ4n) is 5.63. The molecule has 0 radical (unpaired) electrons. The van der Waals surface area contributed by atoms with Gasteiger partial charge in [-0.25, -0.2) is 9.18 Å². The van der Waals surface area contributed by atoms with Gasteiger partial charge in [-0.1, -0.05) is 60.4 Å². The van der Waals surface area contributed by atoms with Crippen molar-refractivity contribution in [2.45, 2.75) is 45.3 Å². The number of aliphatic hydroxyl groups excluding tert-OH is 1. The van der Waals surface area contributed by atoms with E-state index in [-0.39, 0.29) is 34.7 Å². The summed E-state index contributed by atoms with van der Waals surface area (Å²) >= 11 is 9.67. The second kappa shape index (κ2) is 14.3. The number of ether oxygens (including phenoxy) is 2. The molecule has 1 aliphatic rings. The second-order valence-corrected chi connectivity index (χ2v) is 13.4. The molecule has 11 nitrogen and oxygen atoms in total. The van der Waals surface area contributed by atoms with Crippen molar-refractivity contribution in [3.8, 4) is 11.5 Å². The molecule has 1 aliphatic heterocycles. The molecule has 0 aromatic heterocycles. The molecule has 0 bridgehead atoms. The number of benzene rings is 3. The van der Waals surface area contributed by atoms with Crippen molar-refractivity contribution in [1.82, 2.24) is 15.5 Å². The molecule has 1 saturated heterocycles. The number of aliphatic imine (C=N–C) groups is 1. The van der Waals surface area contributed by atoms with Gasteiger partial charge >= 0.3 is 6.09 Å². The summed E-state index contributed by atoms with van der Waals surface area (Å²) in [5.74, 6) is -1.33. The van der Waals surface area contributed by atoms with Crippen LogP contribution in [0.1, 0.15) is 60.3 Å². The number of carbonyl (C=O) groups excluding carboxylic acids is 2. The minimum absolute atomic E-state index is 0.0250. The number of nitrogens with zero attached hydrogens (tertiary/aromatic N) is 2. The Hall–Kier alpha value is -4.20. The minimum Gasteiger partial charge on any atom is -0.497 e. The summed E-state index contributed by atoms with van der Waals surface area (Å²) in [7, 11) is 3.02. The topological polar surface area (TPSA) is 150 Å². The zero-order valence-corrected chi connectivity index (χ0v) is 28.7. The number of halogens is 3. The molecule has 4 rings (SSSR count). The van der Waals surface area contributed by atoms with Crippen molar-refractivity contribution in [3.63, 3.8) is 0 Å². The van der Waals surface area contributed by atoms with Gasteiger partial charge in [0.1, 0.15) is 22.9 Å². The zero-order valence-electron chi connectivity index (χ0n) is 26.4. The predicted molar refractivity (Wildman–Crippen MR) is 177 cm³/mol. The van der Waals surface area contributed by atoms with Crippen LogP contribution in [0.15, 0.2) is 64.1 Å². The predicted octanol–water partition coefficient (Wildman–Crippen LogP) is 6.02. The number of amides is 3. The molecule has 2 atom stereocenters. The summed E-state index contributed by atoms with van der Waals surface area (Å²) < 4.78 is 26.6. The lowest BCUT2D eigenvalue weighted by atomic mass is 9.75. The van der Waals surface area contributed by atoms with Gasteiger partial charge in [0.05, 0.1) is 37.5 Å². The summed E-state index contributed by atoms with van der Waals surface area (Å²) in [5.41, 5.74) is -1.43. The van der Waals surface area contributed by atoms with Crippen molar-refractivity contribution in [3.05, 3.63) is 92.2 Å². The number of carboxylic acid groups (broad SMARTS) is 1. The van der Waals surface area contributed by atoms with Gasteiger partial charge in [0, 0.05) is 28.2 Å². The van der Waals surface area contributed by atoms with Gasteiger partial charge in [-0.3, -0.25) is 14.5 Å². The summed E-state index contributed by atoms with van der Waals surface area (Å²) in [6, 6.07) is 12.5. The summed E-state index contributed by atoms with van der Waals surface area (Å²) in [4.78, 5) is 44.4. The molecule has 47 heavy (non-hydrogen) atoms. The maximum Gasteiger partial charge on any atom is 0.434 e. The molecule has 250 valence electrons. The Morgan fingerprint density at radius 1 is 1.13 bits per heavy atom. The van der Waals surface area contributed by atoms with Crippen molar-refractivity contribution in [2.75, 3.05) is 20.8 Å². The molecule has 0 spiro atoms. The van der Waals surface area contributed by atoms with Crippen molar-refractivity contribution < 1.29 is 38.5 Å². The molecule has 3 amide bonds. The van der Waals surface area contributed by atoms with Crippen LogP contribution < -0.4 is 20.1 Å². The molecule has 0 saturated carbocycles. The molecule has 3 aromatic rings. The highest BCUT2D eigenvalue weighted by Crippen LogP contribution is 2.43.